The number of carbonyl (C=O) groups is 3. The molecule has 0 radical (unpaired) electrons. The molecule has 2 rings (SSSR count). The minimum absolute atomic E-state index is 0.0496. The first-order valence-electron chi connectivity index (χ1n) is 6.45. The Bertz CT molecular complexity index is 570. The zero-order chi connectivity index (χ0) is 15.1. The first kappa shape index (κ1) is 14.2. The number of rotatable bonds is 2. The third-order valence-electron chi connectivity index (χ3n) is 3.41. The van der Waals surface area contributed by atoms with Crippen LogP contribution in [0.4, 0.5) is 4.79 Å². The molecule has 1 aromatic carbocycles. The molecule has 1 aromatic rings. The molecule has 0 atom stereocenters. The van der Waals surface area contributed by atoms with Crippen molar-refractivity contribution in [2.45, 2.75) is 32.7 Å². The van der Waals surface area contributed by atoms with Crippen LogP contribution in [-0.2, 0) is 21.5 Å². The summed E-state index contributed by atoms with van der Waals surface area (Å²) in [4.78, 5) is 36.7. The standard InChI is InChI=1S/C15H18N2O3/c1-15(2,3)11-7-5-10(6-8-11)9-17-13(19)12(18)16(4)14(17)20/h5-8H,9H2,1-4H3. The largest absolute Gasteiger partial charge is 0.334 e. The van der Waals surface area contributed by atoms with Gasteiger partial charge in [-0.3, -0.25) is 19.4 Å². The van der Waals surface area contributed by atoms with Crippen molar-refractivity contribution in [1.29, 1.82) is 0 Å². The molecule has 1 heterocycles. The second-order valence-electron chi connectivity index (χ2n) is 5.98. The first-order chi connectivity index (χ1) is 9.21. The van der Waals surface area contributed by atoms with Gasteiger partial charge >= 0.3 is 17.8 Å². The van der Waals surface area contributed by atoms with E-state index in [1.54, 1.807) is 0 Å². The van der Waals surface area contributed by atoms with Crippen LogP contribution >= 0.6 is 0 Å². The fourth-order valence-electron chi connectivity index (χ4n) is 2.05. The average molecular weight is 274 g/mol. The highest BCUT2D eigenvalue weighted by molar-refractivity contribution is 6.44. The maximum atomic E-state index is 11.8. The normalized spacial score (nSPS) is 16.3. The number of likely N-dealkylation sites (N-methyl/N-ethyl adjacent to an activating group) is 1. The Balaban J connectivity index is 2.17. The lowest BCUT2D eigenvalue weighted by Gasteiger charge is -2.19. The van der Waals surface area contributed by atoms with E-state index in [0.29, 0.717) is 0 Å². The number of urea groups is 1. The molecule has 4 amide bonds. The van der Waals surface area contributed by atoms with E-state index in [9.17, 15) is 14.4 Å². The van der Waals surface area contributed by atoms with Crippen molar-refractivity contribution in [1.82, 2.24) is 9.80 Å². The number of imide groups is 2. The number of hydrogen-bond acceptors (Lipinski definition) is 3. The second kappa shape index (κ2) is 4.74. The number of hydrogen-bond donors (Lipinski definition) is 0. The van der Waals surface area contributed by atoms with Gasteiger partial charge in [0.15, 0.2) is 0 Å². The molecular formula is C15H18N2O3. The third-order valence-corrected chi connectivity index (χ3v) is 3.41. The lowest BCUT2D eigenvalue weighted by molar-refractivity contribution is -0.143. The Labute approximate surface area is 118 Å². The summed E-state index contributed by atoms with van der Waals surface area (Å²) in [5.74, 6) is -1.54. The van der Waals surface area contributed by atoms with Gasteiger partial charge in [-0.15, -0.1) is 0 Å². The predicted molar refractivity (Wildman–Crippen MR) is 73.9 cm³/mol. The van der Waals surface area contributed by atoms with Crippen LogP contribution in [-0.4, -0.2) is 34.7 Å². The van der Waals surface area contributed by atoms with Gasteiger partial charge in [-0.25, -0.2) is 4.79 Å². The van der Waals surface area contributed by atoms with Crippen molar-refractivity contribution >= 4 is 17.8 Å². The van der Waals surface area contributed by atoms with Gasteiger partial charge in [0, 0.05) is 7.05 Å². The zero-order valence-corrected chi connectivity index (χ0v) is 12.1. The lowest BCUT2D eigenvalue weighted by Crippen LogP contribution is -2.31. The summed E-state index contributed by atoms with van der Waals surface area (Å²) in [6.45, 7) is 6.47. The third kappa shape index (κ3) is 2.43. The van der Waals surface area contributed by atoms with Crippen molar-refractivity contribution in [2.24, 2.45) is 0 Å². The van der Waals surface area contributed by atoms with Gasteiger partial charge in [0.1, 0.15) is 0 Å². The molecule has 0 bridgehead atoms. The molecule has 1 fully saturated rings. The molecule has 0 aromatic heterocycles. The van der Waals surface area contributed by atoms with Crippen molar-refractivity contribution in [3.8, 4) is 0 Å². The van der Waals surface area contributed by atoms with Gasteiger partial charge in [-0.1, -0.05) is 45.0 Å². The van der Waals surface area contributed by atoms with Crippen LogP contribution in [0, 0.1) is 0 Å². The Morgan fingerprint density at radius 3 is 1.90 bits per heavy atom. The molecule has 0 aliphatic carbocycles. The number of amides is 4. The molecule has 5 heteroatoms. The summed E-state index contributed by atoms with van der Waals surface area (Å²) in [5.41, 5.74) is 2.05. The summed E-state index contributed by atoms with van der Waals surface area (Å²) >= 11 is 0. The molecular weight excluding hydrogens is 256 g/mol. The molecule has 0 spiro atoms. The van der Waals surface area contributed by atoms with Gasteiger partial charge < -0.3 is 0 Å². The predicted octanol–water partition coefficient (Wildman–Crippen LogP) is 1.90. The molecule has 0 unspecified atom stereocenters. The fourth-order valence-corrected chi connectivity index (χ4v) is 2.05. The topological polar surface area (TPSA) is 57.7 Å². The smallest absolute Gasteiger partial charge is 0.263 e. The molecule has 0 N–H and O–H groups in total. The van der Waals surface area contributed by atoms with E-state index in [1.807, 2.05) is 24.3 Å². The lowest BCUT2D eigenvalue weighted by atomic mass is 9.87. The first-order valence-corrected chi connectivity index (χ1v) is 6.45. The van der Waals surface area contributed by atoms with E-state index in [2.05, 4.69) is 20.8 Å². The molecule has 20 heavy (non-hydrogen) atoms. The highest BCUT2D eigenvalue weighted by Crippen LogP contribution is 2.23. The highest BCUT2D eigenvalue weighted by Gasteiger charge is 2.41. The zero-order valence-electron chi connectivity index (χ0n) is 12.1. The van der Waals surface area contributed by atoms with Crippen LogP contribution in [0.15, 0.2) is 24.3 Å². The van der Waals surface area contributed by atoms with Gasteiger partial charge in [0.25, 0.3) is 0 Å². The molecule has 0 saturated carbocycles. The quantitative estimate of drug-likeness (QED) is 0.611. The van der Waals surface area contributed by atoms with Crippen LogP contribution in [0.25, 0.3) is 0 Å². The van der Waals surface area contributed by atoms with Crippen LogP contribution < -0.4 is 0 Å². The van der Waals surface area contributed by atoms with Crippen molar-refractivity contribution < 1.29 is 14.4 Å². The SMILES string of the molecule is CN1C(=O)C(=O)N(Cc2ccc(C(C)(C)C)cc2)C1=O. The summed E-state index contributed by atoms with van der Waals surface area (Å²) in [5, 5.41) is 0. The summed E-state index contributed by atoms with van der Waals surface area (Å²) in [6, 6.07) is 7.14. The van der Waals surface area contributed by atoms with E-state index < -0.39 is 17.8 Å². The summed E-state index contributed by atoms with van der Waals surface area (Å²) in [7, 11) is 1.31. The van der Waals surface area contributed by atoms with E-state index in [4.69, 9.17) is 0 Å². The van der Waals surface area contributed by atoms with Crippen molar-refractivity contribution in [3.63, 3.8) is 0 Å². The maximum Gasteiger partial charge on any atom is 0.334 e. The van der Waals surface area contributed by atoms with Gasteiger partial charge in [-0.05, 0) is 16.5 Å². The molecule has 5 nitrogen and oxygen atoms in total. The molecule has 1 aliphatic rings. The van der Waals surface area contributed by atoms with E-state index in [-0.39, 0.29) is 12.0 Å². The monoisotopic (exact) mass is 274 g/mol. The summed E-state index contributed by atoms with van der Waals surface area (Å²) < 4.78 is 0. The number of carbonyl (C=O) groups excluding carboxylic acids is 3. The minimum Gasteiger partial charge on any atom is -0.263 e. The number of benzene rings is 1. The van der Waals surface area contributed by atoms with Crippen molar-refractivity contribution in [2.75, 3.05) is 7.05 Å². The van der Waals surface area contributed by atoms with E-state index in [0.717, 1.165) is 15.4 Å². The van der Waals surface area contributed by atoms with Gasteiger partial charge in [-0.2, -0.15) is 0 Å². The maximum absolute atomic E-state index is 11.8. The Morgan fingerprint density at radius 2 is 1.50 bits per heavy atom. The minimum atomic E-state index is -0.777. The van der Waals surface area contributed by atoms with Gasteiger partial charge in [0.05, 0.1) is 6.54 Å². The fraction of sp³-hybridized carbons (Fsp3) is 0.400. The molecule has 1 aliphatic heterocycles. The van der Waals surface area contributed by atoms with Crippen LogP contribution in [0.5, 0.6) is 0 Å². The van der Waals surface area contributed by atoms with Gasteiger partial charge in [0.2, 0.25) is 0 Å². The number of nitrogens with zero attached hydrogens (tertiary/aromatic N) is 2. The van der Waals surface area contributed by atoms with E-state index >= 15 is 0 Å². The Hall–Kier alpha value is -2.17. The summed E-state index contributed by atoms with van der Waals surface area (Å²) in [6.07, 6.45) is 0. The molecule has 1 saturated heterocycles. The molecule has 106 valence electrons. The Morgan fingerprint density at radius 1 is 0.950 bits per heavy atom. The van der Waals surface area contributed by atoms with Crippen molar-refractivity contribution in [3.05, 3.63) is 35.4 Å². The van der Waals surface area contributed by atoms with Crippen LogP contribution in [0.3, 0.4) is 0 Å². The van der Waals surface area contributed by atoms with Crippen LogP contribution in [0.2, 0.25) is 0 Å². The van der Waals surface area contributed by atoms with E-state index in [1.165, 1.54) is 12.6 Å². The highest BCUT2D eigenvalue weighted by atomic mass is 16.2. The second-order valence-corrected chi connectivity index (χ2v) is 5.98. The van der Waals surface area contributed by atoms with Crippen LogP contribution in [0.1, 0.15) is 31.9 Å². The Kier molecular flexibility index (Phi) is 3.38. The average Bonchev–Trinajstić information content (AvgIpc) is 2.56.